The fourth-order valence-corrected chi connectivity index (χ4v) is 1.38. The summed E-state index contributed by atoms with van der Waals surface area (Å²) in [5.74, 6) is -1.40. The van der Waals surface area contributed by atoms with Crippen LogP contribution in [-0.4, -0.2) is 5.97 Å². The van der Waals surface area contributed by atoms with E-state index in [0.717, 1.165) is 0 Å². The van der Waals surface area contributed by atoms with Gasteiger partial charge >= 0.3 is 0 Å². The SMILES string of the molecule is O=C([O-])c1cc(Cl)cc(Cl)c1Cl. The molecule has 0 amide bonds. The number of carbonyl (C=O) groups is 1. The molecule has 0 unspecified atom stereocenters. The van der Waals surface area contributed by atoms with E-state index in [-0.39, 0.29) is 20.6 Å². The van der Waals surface area contributed by atoms with E-state index in [1.807, 2.05) is 0 Å². The summed E-state index contributed by atoms with van der Waals surface area (Å²) in [5, 5.41) is 10.7. The summed E-state index contributed by atoms with van der Waals surface area (Å²) in [6.07, 6.45) is 0. The lowest BCUT2D eigenvalue weighted by Gasteiger charge is -2.06. The van der Waals surface area contributed by atoms with Crippen LogP contribution in [0.25, 0.3) is 0 Å². The van der Waals surface area contributed by atoms with Crippen molar-refractivity contribution in [3.8, 4) is 0 Å². The number of rotatable bonds is 1. The maximum atomic E-state index is 10.4. The third-order valence-electron chi connectivity index (χ3n) is 1.21. The van der Waals surface area contributed by atoms with E-state index in [2.05, 4.69) is 0 Å². The first kappa shape index (κ1) is 9.65. The lowest BCUT2D eigenvalue weighted by Crippen LogP contribution is -2.22. The second-order valence-electron chi connectivity index (χ2n) is 2.04. The molecular formula is C7H2Cl3O2-. The molecule has 0 heterocycles. The van der Waals surface area contributed by atoms with Crippen LogP contribution in [0.2, 0.25) is 15.1 Å². The van der Waals surface area contributed by atoms with Gasteiger partial charge in [0.05, 0.1) is 16.0 Å². The van der Waals surface area contributed by atoms with Crippen molar-refractivity contribution in [2.75, 3.05) is 0 Å². The van der Waals surface area contributed by atoms with Gasteiger partial charge in [-0.1, -0.05) is 34.8 Å². The number of carboxylic acid groups (broad SMARTS) is 1. The van der Waals surface area contributed by atoms with Gasteiger partial charge in [-0.3, -0.25) is 0 Å². The number of hydrogen-bond acceptors (Lipinski definition) is 2. The summed E-state index contributed by atoms with van der Waals surface area (Å²) in [6.45, 7) is 0. The van der Waals surface area contributed by atoms with E-state index in [1.54, 1.807) is 0 Å². The molecule has 0 spiro atoms. The molecule has 0 aromatic heterocycles. The number of carbonyl (C=O) groups excluding carboxylic acids is 1. The predicted octanol–water partition coefficient (Wildman–Crippen LogP) is 2.01. The minimum atomic E-state index is -1.40. The molecular weight excluding hydrogens is 222 g/mol. The first-order valence-electron chi connectivity index (χ1n) is 2.88. The molecule has 0 saturated carbocycles. The van der Waals surface area contributed by atoms with Crippen LogP contribution < -0.4 is 5.11 Å². The van der Waals surface area contributed by atoms with E-state index in [9.17, 15) is 9.90 Å². The van der Waals surface area contributed by atoms with Gasteiger partial charge in [-0.2, -0.15) is 0 Å². The summed E-state index contributed by atoms with van der Waals surface area (Å²) in [7, 11) is 0. The molecule has 0 aliphatic carbocycles. The normalized spacial score (nSPS) is 9.92. The van der Waals surface area contributed by atoms with E-state index in [4.69, 9.17) is 34.8 Å². The van der Waals surface area contributed by atoms with Crippen molar-refractivity contribution in [2.45, 2.75) is 0 Å². The number of benzene rings is 1. The van der Waals surface area contributed by atoms with Gasteiger partial charge in [0.1, 0.15) is 0 Å². The smallest absolute Gasteiger partial charge is 0.0731 e. The molecule has 1 aromatic carbocycles. The minimum Gasteiger partial charge on any atom is -0.545 e. The third kappa shape index (κ3) is 1.83. The molecule has 1 rings (SSSR count). The van der Waals surface area contributed by atoms with Gasteiger partial charge in [0.25, 0.3) is 0 Å². The van der Waals surface area contributed by atoms with E-state index in [1.165, 1.54) is 12.1 Å². The standard InChI is InChI=1S/C7H3Cl3O2/c8-3-1-4(7(11)12)6(10)5(9)2-3/h1-2H,(H,11,12)/p-1. The van der Waals surface area contributed by atoms with Crippen molar-refractivity contribution >= 4 is 40.8 Å². The highest BCUT2D eigenvalue weighted by Gasteiger charge is 2.06. The van der Waals surface area contributed by atoms with Crippen LogP contribution in [0, 0.1) is 0 Å². The first-order chi connectivity index (χ1) is 5.52. The summed E-state index contributed by atoms with van der Waals surface area (Å²) in [6, 6.07) is 2.54. The van der Waals surface area contributed by atoms with Crippen LogP contribution in [0.1, 0.15) is 10.4 Å². The molecule has 0 fully saturated rings. The topological polar surface area (TPSA) is 40.1 Å². The van der Waals surface area contributed by atoms with Crippen molar-refractivity contribution < 1.29 is 9.90 Å². The monoisotopic (exact) mass is 223 g/mol. The summed E-state index contributed by atoms with van der Waals surface area (Å²) in [4.78, 5) is 10.4. The second kappa shape index (κ2) is 3.52. The molecule has 12 heavy (non-hydrogen) atoms. The van der Waals surface area contributed by atoms with E-state index < -0.39 is 5.97 Å². The average Bonchev–Trinajstić information content (AvgIpc) is 1.96. The fourth-order valence-electron chi connectivity index (χ4n) is 0.705. The Kier molecular flexibility index (Phi) is 2.83. The quantitative estimate of drug-likeness (QED) is 0.685. The molecule has 0 atom stereocenters. The number of hydrogen-bond donors (Lipinski definition) is 0. The Morgan fingerprint density at radius 1 is 1.25 bits per heavy atom. The van der Waals surface area contributed by atoms with E-state index in [0.29, 0.717) is 0 Å². The maximum absolute atomic E-state index is 10.4. The highest BCUT2D eigenvalue weighted by Crippen LogP contribution is 2.29. The average molecular weight is 224 g/mol. The van der Waals surface area contributed by atoms with Gasteiger partial charge in [-0.05, 0) is 12.1 Å². The van der Waals surface area contributed by atoms with Crippen LogP contribution >= 0.6 is 34.8 Å². The first-order valence-corrected chi connectivity index (χ1v) is 4.01. The Balaban J connectivity index is 3.37. The lowest BCUT2D eigenvalue weighted by molar-refractivity contribution is -0.255. The number of halogens is 3. The highest BCUT2D eigenvalue weighted by molar-refractivity contribution is 6.44. The van der Waals surface area contributed by atoms with Crippen LogP contribution in [-0.2, 0) is 0 Å². The molecule has 0 aliphatic rings. The van der Waals surface area contributed by atoms with Gasteiger partial charge in [-0.25, -0.2) is 0 Å². The Labute approximate surface area is 83.7 Å². The van der Waals surface area contributed by atoms with E-state index >= 15 is 0 Å². The largest absolute Gasteiger partial charge is 0.545 e. The van der Waals surface area contributed by atoms with Crippen molar-refractivity contribution in [3.05, 3.63) is 32.8 Å². The molecule has 2 nitrogen and oxygen atoms in total. The molecule has 0 bridgehead atoms. The minimum absolute atomic E-state index is 0.0546. The molecule has 0 N–H and O–H groups in total. The van der Waals surface area contributed by atoms with Gasteiger partial charge in [0.2, 0.25) is 0 Å². The predicted molar refractivity (Wildman–Crippen MR) is 45.8 cm³/mol. The van der Waals surface area contributed by atoms with Crippen molar-refractivity contribution in [1.82, 2.24) is 0 Å². The molecule has 1 aromatic rings. The molecule has 0 radical (unpaired) electrons. The van der Waals surface area contributed by atoms with Gasteiger partial charge in [0.15, 0.2) is 0 Å². The van der Waals surface area contributed by atoms with Gasteiger partial charge < -0.3 is 9.90 Å². The Morgan fingerprint density at radius 3 is 2.33 bits per heavy atom. The van der Waals surface area contributed by atoms with Crippen molar-refractivity contribution in [3.63, 3.8) is 0 Å². The second-order valence-corrected chi connectivity index (χ2v) is 3.26. The molecule has 64 valence electrons. The third-order valence-corrected chi connectivity index (χ3v) is 2.23. The van der Waals surface area contributed by atoms with Crippen LogP contribution in [0.15, 0.2) is 12.1 Å². The maximum Gasteiger partial charge on any atom is 0.0731 e. The molecule has 0 aliphatic heterocycles. The van der Waals surface area contributed by atoms with Crippen LogP contribution in [0.5, 0.6) is 0 Å². The Hall–Kier alpha value is -0.440. The Bertz CT molecular complexity index is 336. The summed E-state index contributed by atoms with van der Waals surface area (Å²) < 4.78 is 0. The number of carboxylic acids is 1. The van der Waals surface area contributed by atoms with Crippen molar-refractivity contribution in [2.24, 2.45) is 0 Å². The fraction of sp³-hybridized carbons (Fsp3) is 0. The Morgan fingerprint density at radius 2 is 1.83 bits per heavy atom. The zero-order valence-corrected chi connectivity index (χ0v) is 7.87. The van der Waals surface area contributed by atoms with Crippen LogP contribution in [0.3, 0.4) is 0 Å². The highest BCUT2D eigenvalue weighted by atomic mass is 35.5. The number of aromatic carboxylic acids is 1. The summed E-state index contributed by atoms with van der Waals surface area (Å²) >= 11 is 16.6. The van der Waals surface area contributed by atoms with Crippen LogP contribution in [0.4, 0.5) is 0 Å². The zero-order valence-electron chi connectivity index (χ0n) is 5.61. The molecule has 5 heteroatoms. The van der Waals surface area contributed by atoms with Gasteiger partial charge in [0, 0.05) is 10.6 Å². The zero-order chi connectivity index (χ0) is 9.30. The molecule has 0 saturated heterocycles. The lowest BCUT2D eigenvalue weighted by atomic mass is 10.2. The van der Waals surface area contributed by atoms with Gasteiger partial charge in [-0.15, -0.1) is 0 Å². The van der Waals surface area contributed by atoms with Crippen molar-refractivity contribution in [1.29, 1.82) is 0 Å². The summed E-state index contributed by atoms with van der Waals surface area (Å²) in [5.41, 5.74) is -0.200.